The van der Waals surface area contributed by atoms with Crippen LogP contribution in [0.5, 0.6) is 5.75 Å². The summed E-state index contributed by atoms with van der Waals surface area (Å²) in [5, 5.41) is 3.54. The topological polar surface area (TPSA) is 21.3 Å². The lowest BCUT2D eigenvalue weighted by molar-refractivity contribution is 0.289. The second-order valence-corrected chi connectivity index (χ2v) is 6.59. The minimum absolute atomic E-state index is 0.583. The number of ether oxygens (including phenoxy) is 1. The van der Waals surface area contributed by atoms with Gasteiger partial charge in [-0.25, -0.2) is 0 Å². The van der Waals surface area contributed by atoms with E-state index in [1.807, 2.05) is 0 Å². The fourth-order valence-corrected chi connectivity index (χ4v) is 2.01. The zero-order chi connectivity index (χ0) is 13.7. The average Bonchev–Trinajstić information content (AvgIpc) is 3.09. The summed E-state index contributed by atoms with van der Waals surface area (Å²) in [6, 6.07) is 8.48. The van der Waals surface area contributed by atoms with E-state index in [2.05, 4.69) is 50.4 Å². The van der Waals surface area contributed by atoms with Crippen molar-refractivity contribution in [3.63, 3.8) is 0 Å². The molecule has 1 aliphatic rings. The normalized spacial score (nSPS) is 16.6. The van der Waals surface area contributed by atoms with Crippen LogP contribution in [0.2, 0.25) is 0 Å². The molecule has 1 N–H and O–H groups in total. The van der Waals surface area contributed by atoms with Crippen LogP contribution >= 0.6 is 0 Å². The number of hydrogen-bond donors (Lipinski definition) is 1. The van der Waals surface area contributed by atoms with Crippen LogP contribution in [0.1, 0.15) is 45.6 Å². The summed E-state index contributed by atoms with van der Waals surface area (Å²) in [5.41, 5.74) is 1.92. The van der Waals surface area contributed by atoms with Crippen molar-refractivity contribution in [1.82, 2.24) is 5.32 Å². The van der Waals surface area contributed by atoms with E-state index in [1.165, 1.54) is 18.4 Å². The van der Waals surface area contributed by atoms with Gasteiger partial charge in [-0.2, -0.15) is 0 Å². The van der Waals surface area contributed by atoms with Crippen LogP contribution in [-0.2, 0) is 6.54 Å². The van der Waals surface area contributed by atoms with Crippen LogP contribution in [0.25, 0.3) is 0 Å². The first-order valence-corrected chi connectivity index (χ1v) is 7.50. The number of nitrogens with one attached hydrogen (secondary N) is 1. The Hall–Kier alpha value is -1.02. The van der Waals surface area contributed by atoms with Gasteiger partial charge in [0, 0.05) is 13.1 Å². The quantitative estimate of drug-likeness (QED) is 0.763. The van der Waals surface area contributed by atoms with Gasteiger partial charge < -0.3 is 10.1 Å². The van der Waals surface area contributed by atoms with Gasteiger partial charge >= 0.3 is 0 Å². The van der Waals surface area contributed by atoms with E-state index < -0.39 is 0 Å². The highest BCUT2D eigenvalue weighted by molar-refractivity contribution is 5.27. The number of rotatable bonds is 8. The first kappa shape index (κ1) is 14.4. The van der Waals surface area contributed by atoms with Gasteiger partial charge in [-0.05, 0) is 48.3 Å². The molecule has 0 spiro atoms. The van der Waals surface area contributed by atoms with Crippen molar-refractivity contribution in [3.8, 4) is 5.75 Å². The van der Waals surface area contributed by atoms with Crippen molar-refractivity contribution >= 4 is 0 Å². The average molecular weight is 261 g/mol. The predicted octanol–water partition coefficient (Wildman–Crippen LogP) is 4.00. The van der Waals surface area contributed by atoms with Crippen LogP contribution in [0.15, 0.2) is 24.3 Å². The smallest absolute Gasteiger partial charge is 0.119 e. The Balaban J connectivity index is 1.68. The Morgan fingerprint density at radius 1 is 1.21 bits per heavy atom. The van der Waals surface area contributed by atoms with Gasteiger partial charge in [-0.1, -0.05) is 32.9 Å². The molecule has 2 rings (SSSR count). The second kappa shape index (κ2) is 6.42. The summed E-state index contributed by atoms with van der Waals surface area (Å²) in [7, 11) is 0. The van der Waals surface area contributed by atoms with Crippen LogP contribution in [0.3, 0.4) is 0 Å². The molecule has 1 saturated carbocycles. The summed E-state index contributed by atoms with van der Waals surface area (Å²) in [6.07, 6.45) is 3.87. The van der Waals surface area contributed by atoms with Crippen molar-refractivity contribution in [1.29, 1.82) is 0 Å². The molecule has 0 radical (unpaired) electrons. The molecule has 1 fully saturated rings. The largest absolute Gasteiger partial charge is 0.494 e. The first-order chi connectivity index (χ1) is 9.07. The molecule has 1 aliphatic carbocycles. The lowest BCUT2D eigenvalue weighted by atomic mass is 10.1. The molecule has 0 atom stereocenters. The summed E-state index contributed by atoms with van der Waals surface area (Å²) < 4.78 is 5.72. The molecule has 19 heavy (non-hydrogen) atoms. The molecule has 2 nitrogen and oxygen atoms in total. The van der Waals surface area contributed by atoms with Crippen molar-refractivity contribution < 1.29 is 4.74 Å². The molecule has 0 unspecified atom stereocenters. The van der Waals surface area contributed by atoms with E-state index in [4.69, 9.17) is 4.74 Å². The third kappa shape index (κ3) is 5.23. The second-order valence-electron chi connectivity index (χ2n) is 6.59. The zero-order valence-electron chi connectivity index (χ0n) is 12.5. The molecule has 0 saturated heterocycles. The Kier molecular flexibility index (Phi) is 4.87. The fourth-order valence-electron chi connectivity index (χ4n) is 2.01. The lowest BCUT2D eigenvalue weighted by Crippen LogP contribution is -2.21. The monoisotopic (exact) mass is 261 g/mol. The minimum Gasteiger partial charge on any atom is -0.494 e. The van der Waals surface area contributed by atoms with Crippen molar-refractivity contribution in [3.05, 3.63) is 29.8 Å². The molecule has 0 heterocycles. The fraction of sp³-hybridized carbons (Fsp3) is 0.647. The van der Waals surface area contributed by atoms with Gasteiger partial charge in [0.2, 0.25) is 0 Å². The SMILES string of the molecule is CC(C)CCOc1ccc(CNCC2(C)CC2)cc1. The van der Waals surface area contributed by atoms with E-state index in [1.54, 1.807) is 0 Å². The summed E-state index contributed by atoms with van der Waals surface area (Å²) in [4.78, 5) is 0. The Labute approximate surface area is 117 Å². The molecule has 0 amide bonds. The third-order valence-electron chi connectivity index (χ3n) is 3.87. The Morgan fingerprint density at radius 3 is 2.47 bits per heavy atom. The maximum absolute atomic E-state index is 5.72. The standard InChI is InChI=1S/C17H27NO/c1-14(2)8-11-19-16-6-4-15(5-7-16)12-18-13-17(3)9-10-17/h4-7,14,18H,8-13H2,1-3H3. The number of benzene rings is 1. The summed E-state index contributed by atoms with van der Waals surface area (Å²) >= 11 is 0. The Bertz CT molecular complexity index is 379. The Morgan fingerprint density at radius 2 is 1.89 bits per heavy atom. The van der Waals surface area contributed by atoms with E-state index >= 15 is 0 Å². The molecule has 106 valence electrons. The van der Waals surface area contributed by atoms with Gasteiger partial charge in [0.25, 0.3) is 0 Å². The zero-order valence-corrected chi connectivity index (χ0v) is 12.5. The van der Waals surface area contributed by atoms with Crippen LogP contribution in [-0.4, -0.2) is 13.2 Å². The maximum atomic E-state index is 5.72. The van der Waals surface area contributed by atoms with E-state index in [0.717, 1.165) is 31.9 Å². The molecule has 0 aliphatic heterocycles. The van der Waals surface area contributed by atoms with Gasteiger partial charge in [0.05, 0.1) is 6.61 Å². The summed E-state index contributed by atoms with van der Waals surface area (Å²) in [6.45, 7) is 9.71. The first-order valence-electron chi connectivity index (χ1n) is 7.50. The van der Waals surface area contributed by atoms with Crippen molar-refractivity contribution in [2.24, 2.45) is 11.3 Å². The predicted molar refractivity (Wildman–Crippen MR) is 80.4 cm³/mol. The molecule has 0 bridgehead atoms. The summed E-state index contributed by atoms with van der Waals surface area (Å²) in [5.74, 6) is 1.69. The highest BCUT2D eigenvalue weighted by Gasteiger charge is 2.36. The number of hydrogen-bond acceptors (Lipinski definition) is 2. The van der Waals surface area contributed by atoms with E-state index in [0.29, 0.717) is 11.3 Å². The third-order valence-corrected chi connectivity index (χ3v) is 3.87. The lowest BCUT2D eigenvalue weighted by Gasteiger charge is -2.11. The maximum Gasteiger partial charge on any atom is 0.119 e. The molecule has 0 aromatic heterocycles. The van der Waals surface area contributed by atoms with Crippen molar-refractivity contribution in [2.75, 3.05) is 13.2 Å². The minimum atomic E-state index is 0.583. The molecular formula is C17H27NO. The molecule has 2 heteroatoms. The molecule has 1 aromatic carbocycles. The van der Waals surface area contributed by atoms with E-state index in [-0.39, 0.29) is 0 Å². The molecular weight excluding hydrogens is 234 g/mol. The van der Waals surface area contributed by atoms with Gasteiger partial charge in [0.15, 0.2) is 0 Å². The van der Waals surface area contributed by atoms with E-state index in [9.17, 15) is 0 Å². The van der Waals surface area contributed by atoms with Crippen LogP contribution in [0.4, 0.5) is 0 Å². The molecule has 1 aromatic rings. The highest BCUT2D eigenvalue weighted by atomic mass is 16.5. The van der Waals surface area contributed by atoms with Crippen LogP contribution < -0.4 is 10.1 Å². The van der Waals surface area contributed by atoms with Gasteiger partial charge in [-0.15, -0.1) is 0 Å². The van der Waals surface area contributed by atoms with Gasteiger partial charge in [0.1, 0.15) is 5.75 Å². The van der Waals surface area contributed by atoms with Crippen LogP contribution in [0, 0.1) is 11.3 Å². The highest BCUT2D eigenvalue weighted by Crippen LogP contribution is 2.44. The van der Waals surface area contributed by atoms with Crippen molar-refractivity contribution in [2.45, 2.75) is 46.6 Å². The van der Waals surface area contributed by atoms with Gasteiger partial charge in [-0.3, -0.25) is 0 Å².